The fourth-order valence-corrected chi connectivity index (χ4v) is 3.53. The largest absolute Gasteiger partial charge is 0.334 e. The molecule has 0 saturated carbocycles. The van der Waals surface area contributed by atoms with Crippen molar-refractivity contribution in [3.05, 3.63) is 53.9 Å². The maximum atomic E-state index is 13.9. The van der Waals surface area contributed by atoms with Crippen LogP contribution in [0.1, 0.15) is 31.2 Å². The lowest BCUT2D eigenvalue weighted by Crippen LogP contribution is -2.46. The molecule has 4 nitrogen and oxygen atoms in total. The van der Waals surface area contributed by atoms with Gasteiger partial charge in [0.1, 0.15) is 11.6 Å². The fourth-order valence-electron chi connectivity index (χ4n) is 3.53. The highest BCUT2D eigenvalue weighted by Gasteiger charge is 2.24. The molecule has 0 N–H and O–H groups in total. The van der Waals surface area contributed by atoms with Crippen LogP contribution >= 0.6 is 0 Å². The van der Waals surface area contributed by atoms with Crippen LogP contribution in [0.25, 0.3) is 0 Å². The fraction of sp³-hybridized carbons (Fsp3) is 0.526. The summed E-state index contributed by atoms with van der Waals surface area (Å²) in [5.41, 5.74) is 0.794. The molecule has 1 aliphatic heterocycles. The van der Waals surface area contributed by atoms with Crippen molar-refractivity contribution in [3.8, 4) is 0 Å². The van der Waals surface area contributed by atoms with E-state index in [2.05, 4.69) is 33.3 Å². The molecule has 3 rings (SSSR count). The normalized spacial score (nSPS) is 19.1. The Morgan fingerprint density at radius 2 is 2.17 bits per heavy atom. The number of likely N-dealkylation sites (N-methyl/N-ethyl adjacent to an activating group) is 1. The Balaban J connectivity index is 1.59. The molecule has 0 bridgehead atoms. The van der Waals surface area contributed by atoms with Gasteiger partial charge >= 0.3 is 0 Å². The van der Waals surface area contributed by atoms with E-state index in [9.17, 15) is 4.39 Å². The van der Waals surface area contributed by atoms with Gasteiger partial charge in [0.25, 0.3) is 0 Å². The number of aromatic nitrogens is 2. The first-order valence-corrected chi connectivity index (χ1v) is 8.83. The van der Waals surface area contributed by atoms with Crippen LogP contribution in [0.15, 0.2) is 36.7 Å². The number of hydrogen-bond donors (Lipinski definition) is 0. The van der Waals surface area contributed by atoms with Crippen molar-refractivity contribution in [2.45, 2.75) is 45.4 Å². The van der Waals surface area contributed by atoms with Crippen LogP contribution in [-0.2, 0) is 19.6 Å². The van der Waals surface area contributed by atoms with Crippen molar-refractivity contribution in [1.82, 2.24) is 19.4 Å². The zero-order valence-corrected chi connectivity index (χ0v) is 14.7. The lowest BCUT2D eigenvalue weighted by Gasteiger charge is -2.37. The van der Waals surface area contributed by atoms with Gasteiger partial charge in [0, 0.05) is 43.6 Å². The average Bonchev–Trinajstić information content (AvgIpc) is 3.04. The number of halogens is 1. The van der Waals surface area contributed by atoms with Crippen LogP contribution in [0.2, 0.25) is 0 Å². The highest BCUT2D eigenvalue weighted by atomic mass is 19.1. The van der Waals surface area contributed by atoms with Gasteiger partial charge in [-0.3, -0.25) is 9.80 Å². The first kappa shape index (κ1) is 17.1. The third kappa shape index (κ3) is 4.02. The number of likely N-dealkylation sites (tertiary alicyclic amines) is 1. The first-order valence-electron chi connectivity index (χ1n) is 8.83. The Bertz CT molecular complexity index is 654. The average molecular weight is 330 g/mol. The quantitative estimate of drug-likeness (QED) is 0.813. The lowest BCUT2D eigenvalue weighted by atomic mass is 10.0. The number of hydrogen-bond acceptors (Lipinski definition) is 3. The highest BCUT2D eigenvalue weighted by molar-refractivity contribution is 5.17. The van der Waals surface area contributed by atoms with Crippen molar-refractivity contribution in [2.75, 3.05) is 20.1 Å². The second kappa shape index (κ2) is 7.90. The zero-order valence-electron chi connectivity index (χ0n) is 14.7. The number of nitrogens with zero attached hydrogens (tertiary/aromatic N) is 4. The van der Waals surface area contributed by atoms with Crippen molar-refractivity contribution >= 4 is 0 Å². The molecule has 5 heteroatoms. The summed E-state index contributed by atoms with van der Waals surface area (Å²) in [5.74, 6) is 1.02. The van der Waals surface area contributed by atoms with Gasteiger partial charge in [-0.15, -0.1) is 0 Å². The molecular weight excluding hydrogens is 303 g/mol. The van der Waals surface area contributed by atoms with Crippen LogP contribution in [0.5, 0.6) is 0 Å². The van der Waals surface area contributed by atoms with Crippen LogP contribution in [0, 0.1) is 5.82 Å². The minimum Gasteiger partial charge on any atom is -0.334 e. The van der Waals surface area contributed by atoms with E-state index in [1.165, 1.54) is 6.42 Å². The van der Waals surface area contributed by atoms with Crippen LogP contribution in [0.3, 0.4) is 0 Å². The van der Waals surface area contributed by atoms with Gasteiger partial charge in [0.05, 0.1) is 6.54 Å². The molecule has 0 amide bonds. The Morgan fingerprint density at radius 1 is 1.33 bits per heavy atom. The third-order valence-corrected chi connectivity index (χ3v) is 4.99. The van der Waals surface area contributed by atoms with Gasteiger partial charge in [0.15, 0.2) is 0 Å². The third-order valence-electron chi connectivity index (χ3n) is 4.99. The van der Waals surface area contributed by atoms with Gasteiger partial charge in [-0.25, -0.2) is 9.37 Å². The van der Waals surface area contributed by atoms with E-state index in [1.807, 2.05) is 24.5 Å². The van der Waals surface area contributed by atoms with Crippen molar-refractivity contribution < 1.29 is 4.39 Å². The summed E-state index contributed by atoms with van der Waals surface area (Å²) < 4.78 is 16.1. The Labute approximate surface area is 143 Å². The minimum atomic E-state index is -0.0991. The molecular formula is C19H27FN4. The minimum absolute atomic E-state index is 0.0991. The maximum Gasteiger partial charge on any atom is 0.127 e. The summed E-state index contributed by atoms with van der Waals surface area (Å²) in [6, 6.07) is 7.60. The van der Waals surface area contributed by atoms with Crippen molar-refractivity contribution in [2.24, 2.45) is 0 Å². The molecule has 130 valence electrons. The summed E-state index contributed by atoms with van der Waals surface area (Å²) in [6.45, 7) is 6.68. The molecule has 0 radical (unpaired) electrons. The summed E-state index contributed by atoms with van der Waals surface area (Å²) in [4.78, 5) is 9.24. The van der Waals surface area contributed by atoms with Crippen molar-refractivity contribution in [1.29, 1.82) is 0 Å². The molecule has 1 fully saturated rings. The van der Waals surface area contributed by atoms with E-state index in [1.54, 1.807) is 12.1 Å². The summed E-state index contributed by atoms with van der Waals surface area (Å²) in [6.07, 6.45) is 6.26. The number of imidazole rings is 1. The maximum absolute atomic E-state index is 13.9. The monoisotopic (exact) mass is 330 g/mol. The van der Waals surface area contributed by atoms with Gasteiger partial charge in [-0.1, -0.05) is 18.2 Å². The SMILES string of the molecule is CCn1ccnc1CN(C)[C@@H]1CCCN(Cc2ccccc2F)C1. The Morgan fingerprint density at radius 3 is 2.96 bits per heavy atom. The molecule has 1 aromatic carbocycles. The van der Waals surface area contributed by atoms with E-state index in [-0.39, 0.29) is 5.82 Å². The Kier molecular flexibility index (Phi) is 5.63. The van der Waals surface area contributed by atoms with E-state index < -0.39 is 0 Å². The molecule has 0 unspecified atom stereocenters. The number of piperidine rings is 1. The van der Waals surface area contributed by atoms with E-state index in [0.29, 0.717) is 12.6 Å². The van der Waals surface area contributed by atoms with Gasteiger partial charge < -0.3 is 4.57 Å². The highest BCUT2D eigenvalue weighted by Crippen LogP contribution is 2.19. The molecule has 1 saturated heterocycles. The topological polar surface area (TPSA) is 24.3 Å². The second-order valence-corrected chi connectivity index (χ2v) is 6.67. The first-order chi connectivity index (χ1) is 11.7. The van der Waals surface area contributed by atoms with Crippen molar-refractivity contribution in [3.63, 3.8) is 0 Å². The second-order valence-electron chi connectivity index (χ2n) is 6.67. The standard InChI is InChI=1S/C19H27FN4/c1-3-24-12-10-21-19(24)15-22(2)17-8-6-11-23(14-17)13-16-7-4-5-9-18(16)20/h4-5,7,9-10,12,17H,3,6,8,11,13-15H2,1-2H3/t17-/m1/s1. The molecule has 24 heavy (non-hydrogen) atoms. The molecule has 1 atom stereocenters. The predicted molar refractivity (Wildman–Crippen MR) is 94.1 cm³/mol. The summed E-state index contributed by atoms with van der Waals surface area (Å²) in [5, 5.41) is 0. The van der Waals surface area contributed by atoms with Crippen LogP contribution in [-0.4, -0.2) is 45.5 Å². The molecule has 0 spiro atoms. The number of benzene rings is 1. The van der Waals surface area contributed by atoms with Gasteiger partial charge in [-0.2, -0.15) is 0 Å². The summed E-state index contributed by atoms with van der Waals surface area (Å²) >= 11 is 0. The molecule has 1 aliphatic rings. The number of rotatable bonds is 6. The molecule has 0 aliphatic carbocycles. The molecule has 2 heterocycles. The molecule has 1 aromatic heterocycles. The predicted octanol–water partition coefficient (Wildman–Crippen LogP) is 3.14. The smallest absolute Gasteiger partial charge is 0.127 e. The summed E-state index contributed by atoms with van der Waals surface area (Å²) in [7, 11) is 2.17. The number of aryl methyl sites for hydroxylation is 1. The van der Waals surface area contributed by atoms with Gasteiger partial charge in [0.2, 0.25) is 0 Å². The van der Waals surface area contributed by atoms with Crippen LogP contribution < -0.4 is 0 Å². The lowest BCUT2D eigenvalue weighted by molar-refractivity contribution is 0.104. The van der Waals surface area contributed by atoms with E-state index in [0.717, 1.165) is 44.0 Å². The Hall–Kier alpha value is -1.72. The van der Waals surface area contributed by atoms with Crippen LogP contribution in [0.4, 0.5) is 4.39 Å². The van der Waals surface area contributed by atoms with E-state index >= 15 is 0 Å². The van der Waals surface area contributed by atoms with E-state index in [4.69, 9.17) is 0 Å². The zero-order chi connectivity index (χ0) is 16.9. The van der Waals surface area contributed by atoms with Gasteiger partial charge in [-0.05, 0) is 39.4 Å². The molecule has 2 aromatic rings.